The van der Waals surface area contributed by atoms with Gasteiger partial charge in [-0.3, -0.25) is 4.79 Å². The lowest BCUT2D eigenvalue weighted by Crippen LogP contribution is -2.19. The number of aromatic nitrogens is 4. The number of benzene rings is 3. The van der Waals surface area contributed by atoms with Crippen LogP contribution in [0.25, 0.3) is 5.69 Å². The number of carbonyl (C=O) groups is 1. The Kier molecular flexibility index (Phi) is 5.90. The Bertz CT molecular complexity index is 1140. The van der Waals surface area contributed by atoms with E-state index in [0.717, 1.165) is 28.1 Å². The molecule has 1 amide bonds. The molecule has 4 aromatic rings. The fraction of sp³-hybridized carbons (Fsp3) is 0.130. The smallest absolute Gasteiger partial charge is 0.242 e. The van der Waals surface area contributed by atoms with E-state index in [1.54, 1.807) is 4.68 Å². The van der Waals surface area contributed by atoms with Crippen molar-refractivity contribution in [3.8, 4) is 5.69 Å². The van der Waals surface area contributed by atoms with E-state index in [-0.39, 0.29) is 5.91 Å². The van der Waals surface area contributed by atoms with Crippen LogP contribution in [0.4, 0.5) is 5.69 Å². The van der Waals surface area contributed by atoms with E-state index in [2.05, 4.69) is 20.8 Å². The van der Waals surface area contributed by atoms with Gasteiger partial charge in [0, 0.05) is 5.69 Å². The molecule has 1 heterocycles. The molecule has 0 fully saturated rings. The topological polar surface area (TPSA) is 72.7 Å². The number of rotatable bonds is 6. The van der Waals surface area contributed by atoms with Crippen LogP contribution in [0.15, 0.2) is 84.0 Å². The lowest BCUT2D eigenvalue weighted by atomic mass is 10.1. The first-order valence-electron chi connectivity index (χ1n) is 9.55. The standard InChI is InChI=1S/C23H21N5OS/c1-16-12-14-19(15-13-16)24-22(29)21(18-9-4-3-5-10-18)30-23-25-26-27-28(23)20-11-7-6-8-17(20)2/h3-15,21H,1-2H3,(H,24,29)/t21-/m1/s1. The summed E-state index contributed by atoms with van der Waals surface area (Å²) in [4.78, 5) is 13.2. The van der Waals surface area contributed by atoms with Crippen molar-refractivity contribution in [3.05, 3.63) is 95.6 Å². The average molecular weight is 416 g/mol. The van der Waals surface area contributed by atoms with Crippen molar-refractivity contribution in [2.24, 2.45) is 0 Å². The summed E-state index contributed by atoms with van der Waals surface area (Å²) in [6, 6.07) is 25.3. The molecule has 1 aromatic heterocycles. The maximum absolute atomic E-state index is 13.2. The molecule has 6 nitrogen and oxygen atoms in total. The molecule has 0 radical (unpaired) electrons. The van der Waals surface area contributed by atoms with Crippen LogP contribution in [0.2, 0.25) is 0 Å². The highest BCUT2D eigenvalue weighted by Crippen LogP contribution is 2.36. The zero-order valence-electron chi connectivity index (χ0n) is 16.7. The van der Waals surface area contributed by atoms with Gasteiger partial charge in [0.15, 0.2) is 0 Å². The van der Waals surface area contributed by atoms with Crippen molar-refractivity contribution in [2.45, 2.75) is 24.3 Å². The molecule has 0 saturated carbocycles. The molecule has 3 aromatic carbocycles. The zero-order valence-corrected chi connectivity index (χ0v) is 17.5. The molecule has 0 unspecified atom stereocenters. The minimum absolute atomic E-state index is 0.130. The number of amides is 1. The third-order valence-corrected chi connectivity index (χ3v) is 5.85. The first kappa shape index (κ1) is 19.8. The molecular weight excluding hydrogens is 394 g/mol. The number of thioether (sulfide) groups is 1. The highest BCUT2D eigenvalue weighted by Gasteiger charge is 2.25. The van der Waals surface area contributed by atoms with Gasteiger partial charge in [-0.1, -0.05) is 78.0 Å². The van der Waals surface area contributed by atoms with E-state index < -0.39 is 5.25 Å². The van der Waals surface area contributed by atoms with Gasteiger partial charge in [-0.2, -0.15) is 4.68 Å². The quantitative estimate of drug-likeness (QED) is 0.460. The fourth-order valence-electron chi connectivity index (χ4n) is 3.06. The van der Waals surface area contributed by atoms with Gasteiger partial charge >= 0.3 is 0 Å². The SMILES string of the molecule is Cc1ccc(NC(=O)[C@H](Sc2nnnn2-c2ccccc2C)c2ccccc2)cc1. The highest BCUT2D eigenvalue weighted by molar-refractivity contribution is 8.00. The second-order valence-corrected chi connectivity index (χ2v) is 8.00. The summed E-state index contributed by atoms with van der Waals surface area (Å²) in [6.07, 6.45) is 0. The lowest BCUT2D eigenvalue weighted by Gasteiger charge is -2.17. The molecule has 7 heteroatoms. The molecule has 30 heavy (non-hydrogen) atoms. The molecule has 0 aliphatic rings. The van der Waals surface area contributed by atoms with Crippen LogP contribution >= 0.6 is 11.8 Å². The number of hydrogen-bond acceptors (Lipinski definition) is 5. The maximum Gasteiger partial charge on any atom is 0.242 e. The summed E-state index contributed by atoms with van der Waals surface area (Å²) in [5.74, 6) is -0.130. The van der Waals surface area contributed by atoms with Crippen molar-refractivity contribution in [2.75, 3.05) is 5.32 Å². The van der Waals surface area contributed by atoms with Crippen molar-refractivity contribution in [3.63, 3.8) is 0 Å². The summed E-state index contributed by atoms with van der Waals surface area (Å²) in [7, 11) is 0. The number of anilines is 1. The van der Waals surface area contributed by atoms with Crippen LogP contribution in [0.3, 0.4) is 0 Å². The predicted molar refractivity (Wildman–Crippen MR) is 119 cm³/mol. The van der Waals surface area contributed by atoms with Gasteiger partial charge in [0.1, 0.15) is 5.25 Å². The lowest BCUT2D eigenvalue weighted by molar-refractivity contribution is -0.115. The number of nitrogens with zero attached hydrogens (tertiary/aromatic N) is 4. The number of aryl methyl sites for hydroxylation is 2. The molecule has 150 valence electrons. The van der Waals surface area contributed by atoms with Gasteiger partial charge in [-0.15, -0.1) is 5.10 Å². The van der Waals surface area contributed by atoms with E-state index in [1.165, 1.54) is 11.8 Å². The zero-order chi connectivity index (χ0) is 20.9. The van der Waals surface area contributed by atoms with E-state index in [4.69, 9.17) is 0 Å². The third kappa shape index (κ3) is 4.41. The normalized spacial score (nSPS) is 11.8. The van der Waals surface area contributed by atoms with Gasteiger partial charge < -0.3 is 5.32 Å². The Morgan fingerprint density at radius 1 is 0.933 bits per heavy atom. The first-order valence-corrected chi connectivity index (χ1v) is 10.4. The Hall–Kier alpha value is -3.45. The first-order chi connectivity index (χ1) is 14.6. The van der Waals surface area contributed by atoms with Crippen LogP contribution in [0, 0.1) is 13.8 Å². The fourth-order valence-corrected chi connectivity index (χ4v) is 4.04. The summed E-state index contributed by atoms with van der Waals surface area (Å²) in [5, 5.41) is 15.2. The summed E-state index contributed by atoms with van der Waals surface area (Å²) in [6.45, 7) is 4.02. The second kappa shape index (κ2) is 8.92. The largest absolute Gasteiger partial charge is 0.325 e. The van der Waals surface area contributed by atoms with Crippen LogP contribution in [-0.2, 0) is 4.79 Å². The number of tetrazole rings is 1. The molecule has 1 N–H and O–H groups in total. The van der Waals surface area contributed by atoms with Crippen molar-refractivity contribution in [1.82, 2.24) is 20.2 Å². The van der Waals surface area contributed by atoms with E-state index in [9.17, 15) is 4.79 Å². The summed E-state index contributed by atoms with van der Waals surface area (Å²) >= 11 is 1.32. The van der Waals surface area contributed by atoms with E-state index in [0.29, 0.717) is 5.16 Å². The Morgan fingerprint density at radius 2 is 1.63 bits per heavy atom. The molecule has 0 spiro atoms. The van der Waals surface area contributed by atoms with Gasteiger partial charge in [-0.25, -0.2) is 0 Å². The average Bonchev–Trinajstić information content (AvgIpc) is 3.22. The predicted octanol–water partition coefficient (Wildman–Crippen LogP) is 4.75. The van der Waals surface area contributed by atoms with Crippen molar-refractivity contribution < 1.29 is 4.79 Å². The number of para-hydroxylation sites is 1. The second-order valence-electron chi connectivity index (χ2n) is 6.92. The third-order valence-electron chi connectivity index (χ3n) is 4.67. The van der Waals surface area contributed by atoms with Gasteiger partial charge in [0.25, 0.3) is 0 Å². The molecular formula is C23H21N5OS. The Morgan fingerprint density at radius 3 is 2.37 bits per heavy atom. The minimum Gasteiger partial charge on any atom is -0.325 e. The molecule has 0 aliphatic heterocycles. The Labute approximate surface area is 179 Å². The van der Waals surface area contributed by atoms with Crippen molar-refractivity contribution >= 4 is 23.4 Å². The van der Waals surface area contributed by atoms with Crippen LogP contribution in [0.1, 0.15) is 21.9 Å². The van der Waals surface area contributed by atoms with Crippen LogP contribution in [0.5, 0.6) is 0 Å². The van der Waals surface area contributed by atoms with Crippen molar-refractivity contribution in [1.29, 1.82) is 0 Å². The number of carbonyl (C=O) groups excluding carboxylic acids is 1. The van der Waals surface area contributed by atoms with Gasteiger partial charge in [0.2, 0.25) is 11.1 Å². The summed E-state index contributed by atoms with van der Waals surface area (Å²) in [5.41, 5.74) is 4.71. The summed E-state index contributed by atoms with van der Waals surface area (Å²) < 4.78 is 1.68. The maximum atomic E-state index is 13.2. The van der Waals surface area contributed by atoms with E-state index in [1.807, 2.05) is 92.7 Å². The minimum atomic E-state index is -0.513. The molecule has 1 atom stereocenters. The Balaban J connectivity index is 1.65. The van der Waals surface area contributed by atoms with Gasteiger partial charge in [0.05, 0.1) is 5.69 Å². The monoisotopic (exact) mass is 415 g/mol. The molecule has 0 bridgehead atoms. The molecule has 0 aliphatic carbocycles. The number of hydrogen-bond donors (Lipinski definition) is 1. The van der Waals surface area contributed by atoms with E-state index >= 15 is 0 Å². The van der Waals surface area contributed by atoms with Gasteiger partial charge in [-0.05, 0) is 53.6 Å². The molecule has 0 saturated heterocycles. The number of nitrogens with one attached hydrogen (secondary N) is 1. The van der Waals surface area contributed by atoms with Crippen LogP contribution < -0.4 is 5.32 Å². The van der Waals surface area contributed by atoms with Crippen LogP contribution in [-0.4, -0.2) is 26.1 Å². The molecule has 4 rings (SSSR count). The highest BCUT2D eigenvalue weighted by atomic mass is 32.2.